The van der Waals surface area contributed by atoms with Gasteiger partial charge in [0.1, 0.15) is 6.61 Å². The molecule has 1 atom stereocenters. The van der Waals surface area contributed by atoms with Crippen LogP contribution < -0.4 is 4.57 Å². The molecule has 38 heavy (non-hydrogen) atoms. The number of hydrogen-bond acceptors (Lipinski definition) is 3. The third kappa shape index (κ3) is 4.88. The molecule has 0 radical (unpaired) electrons. The van der Waals surface area contributed by atoms with Crippen LogP contribution in [0.15, 0.2) is 97.1 Å². The first-order valence-electron chi connectivity index (χ1n) is 12.9. The number of nitrogens with zero attached hydrogens (tertiary/aromatic N) is 1. The average molecular weight is 505 g/mol. The van der Waals surface area contributed by atoms with E-state index in [1.54, 1.807) is 0 Å². The van der Waals surface area contributed by atoms with Crippen LogP contribution in [0.2, 0.25) is 0 Å². The highest BCUT2D eigenvalue weighted by Crippen LogP contribution is 2.31. The van der Waals surface area contributed by atoms with Crippen LogP contribution in [-0.2, 0) is 16.1 Å². The summed E-state index contributed by atoms with van der Waals surface area (Å²) in [6.07, 6.45) is 1.32. The number of carbonyl (C=O) groups is 2. The number of hydrogen-bond donors (Lipinski definition) is 1. The van der Waals surface area contributed by atoms with Crippen molar-refractivity contribution < 1.29 is 24.0 Å². The van der Waals surface area contributed by atoms with E-state index >= 15 is 0 Å². The summed E-state index contributed by atoms with van der Waals surface area (Å²) in [6, 6.07) is 30.4. The highest BCUT2D eigenvalue weighted by atomic mass is 16.5. The topological polar surface area (TPSA) is 67.5 Å². The highest BCUT2D eigenvalue weighted by molar-refractivity contribution is 6.12. The van der Waals surface area contributed by atoms with Gasteiger partial charge in [-0.1, -0.05) is 79.2 Å². The molecule has 0 fully saturated rings. The van der Waals surface area contributed by atoms with Gasteiger partial charge in [-0.2, -0.15) is 4.57 Å². The lowest BCUT2D eigenvalue weighted by Gasteiger charge is -2.17. The molecule has 5 aromatic rings. The Labute approximate surface area is 221 Å². The summed E-state index contributed by atoms with van der Waals surface area (Å²) in [7, 11) is 0. The normalized spacial score (nSPS) is 11.9. The zero-order valence-corrected chi connectivity index (χ0v) is 21.6. The molecular weight excluding hydrogens is 474 g/mol. The zero-order chi connectivity index (χ0) is 26.6. The smallest absolute Gasteiger partial charge is 0.376 e. The van der Waals surface area contributed by atoms with E-state index in [-0.39, 0.29) is 18.1 Å². The molecule has 1 aromatic heterocycles. The van der Waals surface area contributed by atoms with Crippen molar-refractivity contribution in [2.24, 2.45) is 0 Å². The minimum atomic E-state index is -1.00. The van der Waals surface area contributed by atoms with E-state index in [2.05, 4.69) is 0 Å². The first-order valence-corrected chi connectivity index (χ1v) is 12.9. The standard InChI is InChI=1S/C33H29NO4/c1-3-9-30(33(37)38-21-23-10-5-4-6-11-23)34-28-13-8-7-12-26(28)31(32(35)36)27-20-25(18-19-29(27)34)24-16-14-22(2)15-17-24/h4-8,10-20,30H,3,9,21H2,1-2H3/p+1. The maximum absolute atomic E-state index is 13.6. The Balaban J connectivity index is 1.71. The van der Waals surface area contributed by atoms with Crippen molar-refractivity contribution in [1.82, 2.24) is 0 Å². The lowest BCUT2D eigenvalue weighted by molar-refractivity contribution is -0.661. The summed E-state index contributed by atoms with van der Waals surface area (Å²) in [5, 5.41) is 11.5. The molecule has 0 bridgehead atoms. The zero-order valence-electron chi connectivity index (χ0n) is 21.6. The number of esters is 1. The fourth-order valence-electron chi connectivity index (χ4n) is 5.06. The van der Waals surface area contributed by atoms with Gasteiger partial charge in [0.25, 0.3) is 6.04 Å². The van der Waals surface area contributed by atoms with Crippen LogP contribution in [0.3, 0.4) is 0 Å². The first-order chi connectivity index (χ1) is 18.5. The van der Waals surface area contributed by atoms with Gasteiger partial charge in [-0.05, 0) is 48.2 Å². The van der Waals surface area contributed by atoms with Gasteiger partial charge in [-0.3, -0.25) is 0 Å². The van der Waals surface area contributed by atoms with Gasteiger partial charge in [0, 0.05) is 18.6 Å². The van der Waals surface area contributed by atoms with Gasteiger partial charge >= 0.3 is 11.9 Å². The van der Waals surface area contributed by atoms with Gasteiger partial charge < -0.3 is 9.84 Å². The fourth-order valence-corrected chi connectivity index (χ4v) is 5.06. The number of rotatable bonds is 8. The summed E-state index contributed by atoms with van der Waals surface area (Å²) < 4.78 is 7.77. The number of aryl methyl sites for hydroxylation is 1. The lowest BCUT2D eigenvalue weighted by Crippen LogP contribution is -2.46. The molecule has 0 saturated carbocycles. The van der Waals surface area contributed by atoms with E-state index in [0.29, 0.717) is 28.2 Å². The summed E-state index contributed by atoms with van der Waals surface area (Å²) >= 11 is 0. The number of para-hydroxylation sites is 1. The van der Waals surface area contributed by atoms with E-state index in [9.17, 15) is 14.7 Å². The van der Waals surface area contributed by atoms with Gasteiger partial charge in [0.15, 0.2) is 0 Å². The second kappa shape index (κ2) is 10.9. The minimum Gasteiger partial charge on any atom is -0.478 e. The fraction of sp³-hybridized carbons (Fsp3) is 0.182. The molecule has 190 valence electrons. The molecule has 5 heteroatoms. The number of pyridine rings is 1. The number of carbonyl (C=O) groups excluding carboxylic acids is 1. The molecular formula is C33H30NO4+. The Bertz CT molecular complexity index is 1620. The van der Waals surface area contributed by atoms with Gasteiger partial charge in [0.2, 0.25) is 11.0 Å². The third-order valence-electron chi connectivity index (χ3n) is 6.93. The van der Waals surface area contributed by atoms with Crippen molar-refractivity contribution in [3.05, 3.63) is 114 Å². The number of fused-ring (bicyclic) bond motifs is 2. The Hall–Kier alpha value is -4.51. The van der Waals surface area contributed by atoms with Crippen LogP contribution in [0.4, 0.5) is 0 Å². The number of aromatic nitrogens is 1. The Morgan fingerprint density at radius 3 is 2.18 bits per heavy atom. The summed E-state index contributed by atoms with van der Waals surface area (Å²) in [5.41, 5.74) is 5.60. The van der Waals surface area contributed by atoms with Crippen LogP contribution in [0, 0.1) is 6.92 Å². The van der Waals surface area contributed by atoms with Crippen molar-refractivity contribution in [1.29, 1.82) is 0 Å². The van der Waals surface area contributed by atoms with Gasteiger partial charge in [0.05, 0.1) is 16.3 Å². The monoisotopic (exact) mass is 504 g/mol. The van der Waals surface area contributed by atoms with Crippen molar-refractivity contribution in [2.45, 2.75) is 39.3 Å². The molecule has 1 unspecified atom stereocenters. The van der Waals surface area contributed by atoms with Crippen LogP contribution in [-0.4, -0.2) is 17.0 Å². The molecule has 0 aliphatic rings. The SMILES string of the molecule is CCCC(C(=O)OCc1ccccc1)[n+]1c2ccccc2c(C(=O)O)c2cc(-c3ccc(C)cc3)ccc21. The van der Waals surface area contributed by atoms with Crippen molar-refractivity contribution in [3.8, 4) is 11.1 Å². The second-order valence-corrected chi connectivity index (χ2v) is 9.56. The first kappa shape index (κ1) is 25.2. The van der Waals surface area contributed by atoms with Crippen LogP contribution in [0.5, 0.6) is 0 Å². The lowest BCUT2D eigenvalue weighted by atomic mass is 9.96. The number of benzene rings is 4. The molecule has 0 spiro atoms. The molecule has 0 aliphatic carbocycles. The van der Waals surface area contributed by atoms with Crippen LogP contribution in [0.1, 0.15) is 47.3 Å². The van der Waals surface area contributed by atoms with E-state index < -0.39 is 12.0 Å². The minimum absolute atomic E-state index is 0.182. The quantitative estimate of drug-likeness (QED) is 0.140. The number of aromatic carboxylic acids is 1. The summed E-state index contributed by atoms with van der Waals surface area (Å²) in [4.78, 5) is 26.2. The molecule has 5 nitrogen and oxygen atoms in total. The molecule has 0 saturated heterocycles. The van der Waals surface area contributed by atoms with E-state index in [1.165, 1.54) is 0 Å². The highest BCUT2D eigenvalue weighted by Gasteiger charge is 2.35. The van der Waals surface area contributed by atoms with E-state index in [0.717, 1.165) is 28.7 Å². The molecule has 0 amide bonds. The Morgan fingerprint density at radius 2 is 1.47 bits per heavy atom. The molecule has 1 heterocycles. The predicted octanol–water partition coefficient (Wildman–Crippen LogP) is 7.04. The molecule has 4 aromatic carbocycles. The molecule has 0 aliphatic heterocycles. The Morgan fingerprint density at radius 1 is 0.816 bits per heavy atom. The number of carboxylic acid groups (broad SMARTS) is 1. The van der Waals surface area contributed by atoms with Crippen molar-refractivity contribution in [2.75, 3.05) is 0 Å². The average Bonchev–Trinajstić information content (AvgIpc) is 2.94. The number of carboxylic acids is 1. The van der Waals surface area contributed by atoms with Gasteiger partial charge in [-0.25, -0.2) is 9.59 Å². The number of ether oxygens (including phenoxy) is 1. The second-order valence-electron chi connectivity index (χ2n) is 9.56. The van der Waals surface area contributed by atoms with Gasteiger partial charge in [-0.15, -0.1) is 0 Å². The Kier molecular flexibility index (Phi) is 7.18. The maximum Gasteiger partial charge on any atom is 0.376 e. The van der Waals surface area contributed by atoms with E-state index in [4.69, 9.17) is 4.74 Å². The van der Waals surface area contributed by atoms with Crippen molar-refractivity contribution >= 4 is 33.7 Å². The third-order valence-corrected chi connectivity index (χ3v) is 6.93. The molecule has 1 N–H and O–H groups in total. The summed E-state index contributed by atoms with van der Waals surface area (Å²) in [5.74, 6) is -1.34. The predicted molar refractivity (Wildman–Crippen MR) is 149 cm³/mol. The van der Waals surface area contributed by atoms with E-state index in [1.807, 2.05) is 115 Å². The van der Waals surface area contributed by atoms with Crippen molar-refractivity contribution in [3.63, 3.8) is 0 Å². The summed E-state index contributed by atoms with van der Waals surface area (Å²) in [6.45, 7) is 4.25. The molecule has 5 rings (SSSR count). The maximum atomic E-state index is 13.6. The largest absolute Gasteiger partial charge is 0.478 e. The van der Waals surface area contributed by atoms with Crippen LogP contribution in [0.25, 0.3) is 32.9 Å². The van der Waals surface area contributed by atoms with Crippen LogP contribution >= 0.6 is 0 Å².